The number of nitrogens with zero attached hydrogens (tertiary/aromatic N) is 1. The topological polar surface area (TPSA) is 135 Å². The lowest BCUT2D eigenvalue weighted by Crippen LogP contribution is -2.54. The monoisotopic (exact) mass is 391 g/mol. The van der Waals surface area contributed by atoms with Crippen molar-refractivity contribution in [3.63, 3.8) is 0 Å². The second-order valence-electron chi connectivity index (χ2n) is 6.23. The number of H-pyrrole nitrogens is 1. The van der Waals surface area contributed by atoms with Gasteiger partial charge in [0, 0.05) is 5.56 Å². The number of carbonyl (C=O) groups excluding carboxylic acids is 1. The summed E-state index contributed by atoms with van der Waals surface area (Å²) in [6.07, 6.45) is 2.81. The predicted molar refractivity (Wildman–Crippen MR) is 107 cm³/mol. The molecule has 0 saturated carbocycles. The average molecular weight is 391 g/mol. The number of nitrogens with two attached hydrogens (primary N) is 1. The number of carbonyl (C=O) groups is 2. The van der Waals surface area contributed by atoms with Gasteiger partial charge in [-0.3, -0.25) is 23.7 Å². The summed E-state index contributed by atoms with van der Waals surface area (Å²) < 4.78 is 0.901. The second kappa shape index (κ2) is 8.22. The molecule has 2 aromatic carbocycles. The molecule has 0 unspecified atom stereocenters. The van der Waals surface area contributed by atoms with Crippen molar-refractivity contribution in [2.24, 2.45) is 5.73 Å². The van der Waals surface area contributed by atoms with Crippen LogP contribution >= 0.6 is 0 Å². The summed E-state index contributed by atoms with van der Waals surface area (Å²) in [6, 6.07) is 14.9. The van der Waals surface area contributed by atoms with Crippen LogP contribution < -0.4 is 27.6 Å². The molecule has 0 aliphatic rings. The number of hydrogen-bond donors (Lipinski definition) is 3. The van der Waals surface area contributed by atoms with E-state index in [0.29, 0.717) is 11.1 Å². The van der Waals surface area contributed by atoms with Gasteiger partial charge in [0.25, 0.3) is 11.1 Å². The number of benzene rings is 2. The van der Waals surface area contributed by atoms with Gasteiger partial charge < -0.3 is 15.8 Å². The number of carboxylic acids is 1. The van der Waals surface area contributed by atoms with Crippen LogP contribution in [0.3, 0.4) is 0 Å². The molecule has 0 aliphatic heterocycles. The van der Waals surface area contributed by atoms with Crippen LogP contribution in [0.1, 0.15) is 21.5 Å². The van der Waals surface area contributed by atoms with Gasteiger partial charge in [-0.2, -0.15) is 0 Å². The molecule has 29 heavy (non-hydrogen) atoms. The molecule has 8 nitrogen and oxygen atoms in total. The molecule has 8 heteroatoms. The quantitative estimate of drug-likeness (QED) is 0.533. The molecule has 4 N–H and O–H groups in total. The van der Waals surface area contributed by atoms with Crippen LogP contribution in [0.2, 0.25) is 0 Å². The van der Waals surface area contributed by atoms with Crippen LogP contribution in [0.25, 0.3) is 12.2 Å². The predicted octanol–water partition coefficient (Wildman–Crippen LogP) is -0.622. The van der Waals surface area contributed by atoms with E-state index in [2.05, 4.69) is 4.98 Å². The third-order valence-corrected chi connectivity index (χ3v) is 4.13. The lowest BCUT2D eigenvalue weighted by molar-refractivity contribution is -0.137. The van der Waals surface area contributed by atoms with Gasteiger partial charge in [-0.15, -0.1) is 0 Å². The average Bonchev–Trinajstić information content (AvgIpc) is 2.69. The first-order valence-electron chi connectivity index (χ1n) is 8.58. The summed E-state index contributed by atoms with van der Waals surface area (Å²) in [5.41, 5.74) is 5.29. The highest BCUT2D eigenvalue weighted by Crippen LogP contribution is 2.04. The van der Waals surface area contributed by atoms with Crippen molar-refractivity contribution in [3.8, 4) is 0 Å². The Morgan fingerprint density at radius 3 is 2.34 bits per heavy atom. The Bertz CT molecular complexity index is 1320. The van der Waals surface area contributed by atoms with Crippen LogP contribution in [0.4, 0.5) is 0 Å². The smallest absolute Gasteiger partial charge is 0.323 e. The number of aliphatic carboxylic acids is 1. The fourth-order valence-electron chi connectivity index (χ4n) is 2.81. The molecule has 3 rings (SSSR count). The third kappa shape index (κ3) is 4.56. The highest BCUT2D eigenvalue weighted by atomic mass is 16.4. The molecule has 0 saturated heterocycles. The van der Waals surface area contributed by atoms with E-state index in [1.165, 1.54) is 24.3 Å². The molecule has 3 aromatic rings. The molecule has 146 valence electrons. The van der Waals surface area contributed by atoms with Crippen LogP contribution in [0.15, 0.2) is 64.2 Å². The van der Waals surface area contributed by atoms with Crippen molar-refractivity contribution in [2.45, 2.75) is 6.54 Å². The van der Waals surface area contributed by atoms with Gasteiger partial charge in [0.15, 0.2) is 0 Å². The zero-order valence-corrected chi connectivity index (χ0v) is 15.2. The van der Waals surface area contributed by atoms with E-state index in [4.69, 9.17) is 5.73 Å². The standard InChI is InChI=1S/C21H17N3O5/c22-19(27)15-8-4-7-14(9-15)10-16-21(29)24(12-18(25)26)17(20(28)23-16)11-13-5-2-1-3-6-13/h1-11H,12H2,(H2,22,27)(H,23,28)(H,25,26)/b16-10-,17-11-. The molecule has 0 aliphatic carbocycles. The molecule has 0 bridgehead atoms. The lowest BCUT2D eigenvalue weighted by atomic mass is 10.1. The fraction of sp³-hybridized carbons (Fsp3) is 0.0476. The Kier molecular flexibility index (Phi) is 5.54. The Morgan fingerprint density at radius 2 is 1.69 bits per heavy atom. The normalized spacial score (nSPS) is 12.1. The van der Waals surface area contributed by atoms with Crippen molar-refractivity contribution >= 4 is 24.0 Å². The molecule has 0 radical (unpaired) electrons. The van der Waals surface area contributed by atoms with Gasteiger partial charge in [0.2, 0.25) is 5.91 Å². The van der Waals surface area contributed by atoms with Crippen LogP contribution in [-0.2, 0) is 11.3 Å². The Balaban J connectivity index is 2.28. The van der Waals surface area contributed by atoms with Crippen molar-refractivity contribution in [3.05, 3.63) is 103 Å². The van der Waals surface area contributed by atoms with Gasteiger partial charge in [-0.05, 0) is 35.4 Å². The summed E-state index contributed by atoms with van der Waals surface area (Å²) in [4.78, 5) is 50.6. The fourth-order valence-corrected chi connectivity index (χ4v) is 2.81. The molecule has 1 heterocycles. The van der Waals surface area contributed by atoms with Crippen LogP contribution in [-0.4, -0.2) is 26.5 Å². The van der Waals surface area contributed by atoms with E-state index in [1.807, 2.05) is 0 Å². The van der Waals surface area contributed by atoms with Gasteiger partial charge in [0.1, 0.15) is 17.2 Å². The maximum absolute atomic E-state index is 12.9. The number of carboxylic acid groups (broad SMARTS) is 1. The van der Waals surface area contributed by atoms with Gasteiger partial charge in [-0.1, -0.05) is 42.5 Å². The summed E-state index contributed by atoms with van der Waals surface area (Å²) in [5.74, 6) is -1.90. The van der Waals surface area contributed by atoms with E-state index in [9.17, 15) is 24.3 Å². The summed E-state index contributed by atoms with van der Waals surface area (Å²) in [6.45, 7) is -0.677. The minimum absolute atomic E-state index is 0.0772. The van der Waals surface area contributed by atoms with Gasteiger partial charge in [-0.25, -0.2) is 0 Å². The molecule has 1 aromatic heterocycles. The van der Waals surface area contributed by atoms with E-state index in [0.717, 1.165) is 4.57 Å². The number of aromatic amines is 1. The summed E-state index contributed by atoms with van der Waals surface area (Å²) >= 11 is 0. The van der Waals surface area contributed by atoms with Crippen molar-refractivity contribution in [1.82, 2.24) is 9.55 Å². The van der Waals surface area contributed by atoms with E-state index < -0.39 is 29.5 Å². The number of hydrogen-bond acceptors (Lipinski definition) is 4. The highest BCUT2D eigenvalue weighted by Gasteiger charge is 2.09. The van der Waals surface area contributed by atoms with Crippen molar-refractivity contribution in [2.75, 3.05) is 0 Å². The van der Waals surface area contributed by atoms with Crippen molar-refractivity contribution < 1.29 is 14.7 Å². The van der Waals surface area contributed by atoms with Crippen molar-refractivity contribution in [1.29, 1.82) is 0 Å². The third-order valence-electron chi connectivity index (χ3n) is 4.13. The highest BCUT2D eigenvalue weighted by molar-refractivity contribution is 5.93. The van der Waals surface area contributed by atoms with Gasteiger partial charge in [0.05, 0.1) is 0 Å². The number of aromatic nitrogens is 2. The van der Waals surface area contributed by atoms with Gasteiger partial charge >= 0.3 is 5.97 Å². The number of rotatable bonds is 5. The molecule has 0 atom stereocenters. The number of primary amides is 1. The number of amides is 1. The summed E-state index contributed by atoms with van der Waals surface area (Å²) in [5, 5.41) is 9.02. The van der Waals surface area contributed by atoms with E-state index in [1.54, 1.807) is 42.5 Å². The summed E-state index contributed by atoms with van der Waals surface area (Å²) in [7, 11) is 0. The molecule has 1 amide bonds. The maximum atomic E-state index is 12.9. The van der Waals surface area contributed by atoms with Crippen LogP contribution in [0.5, 0.6) is 0 Å². The first kappa shape index (κ1) is 19.6. The number of nitrogens with one attached hydrogen (secondary N) is 1. The van der Waals surface area contributed by atoms with Crippen LogP contribution in [0, 0.1) is 0 Å². The lowest BCUT2D eigenvalue weighted by Gasteiger charge is -2.04. The molecular weight excluding hydrogens is 374 g/mol. The van der Waals surface area contributed by atoms with E-state index in [-0.39, 0.29) is 16.3 Å². The maximum Gasteiger partial charge on any atom is 0.323 e. The Morgan fingerprint density at radius 1 is 1.00 bits per heavy atom. The molecule has 0 spiro atoms. The zero-order valence-electron chi connectivity index (χ0n) is 15.2. The minimum atomic E-state index is -1.26. The SMILES string of the molecule is NC(=O)c1cccc(/C=c2\[nH]c(=O)/c(=C/c3ccccc3)n(CC(=O)O)c2=O)c1. The molecule has 0 fully saturated rings. The first-order valence-corrected chi connectivity index (χ1v) is 8.58. The zero-order chi connectivity index (χ0) is 21.0. The first-order chi connectivity index (χ1) is 13.8. The largest absolute Gasteiger partial charge is 0.480 e. The van der Waals surface area contributed by atoms with E-state index >= 15 is 0 Å². The minimum Gasteiger partial charge on any atom is -0.480 e. The second-order valence-corrected chi connectivity index (χ2v) is 6.23. The Hall–Kier alpha value is -4.20. The Labute approximate surface area is 163 Å². The molecular formula is C21H17N3O5.